The Balaban J connectivity index is 2.47. The average Bonchev–Trinajstić information content (AvgIpc) is 2.34. The number of carbonyl (C=O) groups excluding carboxylic acids is 1. The van der Waals surface area contributed by atoms with Gasteiger partial charge in [0.05, 0.1) is 11.0 Å². The summed E-state index contributed by atoms with van der Waals surface area (Å²) in [4.78, 5) is 11.9. The normalized spacial score (nSPS) is 13.6. The lowest BCUT2D eigenvalue weighted by Crippen LogP contribution is -2.21. The molecule has 1 N–H and O–H groups in total. The molecule has 0 bridgehead atoms. The van der Waals surface area contributed by atoms with E-state index in [0.717, 1.165) is 10.0 Å². The first-order valence-corrected chi connectivity index (χ1v) is 6.21. The van der Waals surface area contributed by atoms with Crippen molar-refractivity contribution in [2.24, 2.45) is 0 Å². The quantitative estimate of drug-likeness (QED) is 0.867. The van der Waals surface area contributed by atoms with E-state index >= 15 is 0 Å². The van der Waals surface area contributed by atoms with Crippen LogP contribution in [0.15, 0.2) is 10.5 Å². The fourth-order valence-corrected chi connectivity index (χ4v) is 2.31. The van der Waals surface area contributed by atoms with Gasteiger partial charge in [-0.15, -0.1) is 0 Å². The highest BCUT2D eigenvalue weighted by atomic mass is 79.9. The number of ketones is 1. The monoisotopic (exact) mass is 299 g/mol. The Bertz CT molecular complexity index is 460. The fourth-order valence-electron chi connectivity index (χ4n) is 1.78. The van der Waals surface area contributed by atoms with Crippen LogP contribution < -0.4 is 14.8 Å². The Morgan fingerprint density at radius 3 is 2.88 bits per heavy atom. The second-order valence-corrected chi connectivity index (χ2v) is 4.63. The molecule has 1 aromatic rings. The second kappa shape index (κ2) is 5.06. The topological polar surface area (TPSA) is 47.6 Å². The Morgan fingerprint density at radius 1 is 1.47 bits per heavy atom. The van der Waals surface area contributed by atoms with Crippen LogP contribution in [0.2, 0.25) is 0 Å². The van der Waals surface area contributed by atoms with E-state index in [4.69, 9.17) is 9.47 Å². The highest BCUT2D eigenvalue weighted by molar-refractivity contribution is 9.10. The molecule has 0 spiro atoms. The van der Waals surface area contributed by atoms with Gasteiger partial charge in [-0.1, -0.05) is 0 Å². The predicted octanol–water partition coefficient (Wildman–Crippen LogP) is 1.93. The number of hydrogen-bond donors (Lipinski definition) is 1. The van der Waals surface area contributed by atoms with Crippen molar-refractivity contribution in [2.45, 2.75) is 6.92 Å². The van der Waals surface area contributed by atoms with Gasteiger partial charge in [0.1, 0.15) is 13.2 Å². The maximum Gasteiger partial charge on any atom is 0.177 e. The van der Waals surface area contributed by atoms with Crippen LogP contribution in [0.1, 0.15) is 15.9 Å². The molecule has 17 heavy (non-hydrogen) atoms. The summed E-state index contributed by atoms with van der Waals surface area (Å²) in [6.07, 6.45) is 0. The summed E-state index contributed by atoms with van der Waals surface area (Å²) in [5.74, 6) is 1.37. The predicted molar refractivity (Wildman–Crippen MR) is 68.1 cm³/mol. The SMILES string of the molecule is CNCC(=O)c1cc2c(c(Br)c1C)OCCO2. The highest BCUT2D eigenvalue weighted by Crippen LogP contribution is 2.41. The van der Waals surface area contributed by atoms with Gasteiger partial charge in [0.25, 0.3) is 0 Å². The molecule has 0 amide bonds. The Morgan fingerprint density at radius 2 is 2.18 bits per heavy atom. The first-order valence-electron chi connectivity index (χ1n) is 5.41. The van der Waals surface area contributed by atoms with Crippen molar-refractivity contribution in [1.29, 1.82) is 0 Å². The molecule has 1 aliphatic rings. The van der Waals surface area contributed by atoms with Crippen LogP contribution in [-0.2, 0) is 0 Å². The number of halogens is 1. The van der Waals surface area contributed by atoms with Gasteiger partial charge in [-0.25, -0.2) is 0 Å². The largest absolute Gasteiger partial charge is 0.486 e. The van der Waals surface area contributed by atoms with Crippen LogP contribution >= 0.6 is 15.9 Å². The van der Waals surface area contributed by atoms with Gasteiger partial charge in [-0.3, -0.25) is 4.79 Å². The lowest BCUT2D eigenvalue weighted by molar-refractivity contribution is 0.0991. The van der Waals surface area contributed by atoms with E-state index < -0.39 is 0 Å². The van der Waals surface area contributed by atoms with Crippen LogP contribution in [0.5, 0.6) is 11.5 Å². The first-order chi connectivity index (χ1) is 8.15. The van der Waals surface area contributed by atoms with Crippen molar-refractivity contribution in [2.75, 3.05) is 26.8 Å². The summed E-state index contributed by atoms with van der Waals surface area (Å²) < 4.78 is 11.8. The Labute approximate surface area is 108 Å². The van der Waals surface area contributed by atoms with E-state index in [0.29, 0.717) is 36.8 Å². The Hall–Kier alpha value is -1.07. The molecule has 1 aromatic carbocycles. The molecule has 0 saturated carbocycles. The smallest absolute Gasteiger partial charge is 0.177 e. The number of fused-ring (bicyclic) bond motifs is 1. The molecule has 1 aliphatic heterocycles. The third-order valence-electron chi connectivity index (χ3n) is 2.66. The van der Waals surface area contributed by atoms with Crippen LogP contribution in [0, 0.1) is 6.92 Å². The summed E-state index contributed by atoms with van der Waals surface area (Å²) in [6, 6.07) is 1.76. The van der Waals surface area contributed by atoms with Crippen molar-refractivity contribution < 1.29 is 14.3 Å². The van der Waals surface area contributed by atoms with Gasteiger partial charge >= 0.3 is 0 Å². The molecule has 0 unspecified atom stereocenters. The van der Waals surface area contributed by atoms with Gasteiger partial charge in [-0.05, 0) is 41.5 Å². The summed E-state index contributed by atoms with van der Waals surface area (Å²) in [7, 11) is 1.75. The second-order valence-electron chi connectivity index (χ2n) is 3.84. The molecule has 0 aromatic heterocycles. The van der Waals surface area contributed by atoms with Crippen molar-refractivity contribution >= 4 is 21.7 Å². The van der Waals surface area contributed by atoms with E-state index in [-0.39, 0.29) is 5.78 Å². The van der Waals surface area contributed by atoms with E-state index in [9.17, 15) is 4.79 Å². The number of nitrogens with one attached hydrogen (secondary N) is 1. The number of likely N-dealkylation sites (N-methyl/N-ethyl adjacent to an activating group) is 1. The zero-order valence-electron chi connectivity index (χ0n) is 9.80. The molecule has 1 heterocycles. The number of benzene rings is 1. The van der Waals surface area contributed by atoms with Crippen LogP contribution in [0.3, 0.4) is 0 Å². The maximum absolute atomic E-state index is 11.9. The maximum atomic E-state index is 11.9. The minimum absolute atomic E-state index is 0.0441. The lowest BCUT2D eigenvalue weighted by Gasteiger charge is -2.22. The summed E-state index contributed by atoms with van der Waals surface area (Å²) in [5.41, 5.74) is 1.55. The molecule has 0 saturated heterocycles. The van der Waals surface area contributed by atoms with Gasteiger partial charge in [0, 0.05) is 5.56 Å². The highest BCUT2D eigenvalue weighted by Gasteiger charge is 2.21. The van der Waals surface area contributed by atoms with Crippen LogP contribution in [0.25, 0.3) is 0 Å². The van der Waals surface area contributed by atoms with Gasteiger partial charge in [-0.2, -0.15) is 0 Å². The van der Waals surface area contributed by atoms with E-state index in [2.05, 4.69) is 21.2 Å². The lowest BCUT2D eigenvalue weighted by atomic mass is 10.0. The number of carbonyl (C=O) groups is 1. The molecule has 0 aliphatic carbocycles. The number of hydrogen-bond acceptors (Lipinski definition) is 4. The third-order valence-corrected chi connectivity index (χ3v) is 3.61. The van der Waals surface area contributed by atoms with Crippen LogP contribution in [-0.4, -0.2) is 32.6 Å². The van der Waals surface area contributed by atoms with E-state index in [1.54, 1.807) is 13.1 Å². The van der Waals surface area contributed by atoms with Gasteiger partial charge < -0.3 is 14.8 Å². The molecule has 4 nitrogen and oxygen atoms in total. The molecule has 0 radical (unpaired) electrons. The van der Waals surface area contributed by atoms with E-state index in [1.807, 2.05) is 6.92 Å². The third kappa shape index (κ3) is 2.30. The number of ether oxygens (including phenoxy) is 2. The van der Waals surface area contributed by atoms with Gasteiger partial charge in [0.2, 0.25) is 0 Å². The minimum Gasteiger partial charge on any atom is -0.486 e. The minimum atomic E-state index is 0.0441. The summed E-state index contributed by atoms with van der Waals surface area (Å²) in [6.45, 7) is 3.26. The van der Waals surface area contributed by atoms with Crippen molar-refractivity contribution in [3.63, 3.8) is 0 Å². The van der Waals surface area contributed by atoms with Crippen molar-refractivity contribution in [3.8, 4) is 11.5 Å². The zero-order valence-corrected chi connectivity index (χ0v) is 11.4. The molecular formula is C12H14BrNO3. The van der Waals surface area contributed by atoms with Crippen molar-refractivity contribution in [1.82, 2.24) is 5.32 Å². The number of rotatable bonds is 3. The average molecular weight is 300 g/mol. The molecule has 0 fully saturated rings. The fraction of sp³-hybridized carbons (Fsp3) is 0.417. The van der Waals surface area contributed by atoms with Crippen LogP contribution in [0.4, 0.5) is 0 Å². The standard InChI is InChI=1S/C12H14BrNO3/c1-7-8(9(15)6-14-2)5-10-12(11(7)13)17-4-3-16-10/h5,14H,3-4,6H2,1-2H3. The molecule has 2 rings (SSSR count). The summed E-state index contributed by atoms with van der Waals surface area (Å²) in [5, 5.41) is 2.86. The van der Waals surface area contributed by atoms with Crippen molar-refractivity contribution in [3.05, 3.63) is 21.7 Å². The van der Waals surface area contributed by atoms with E-state index in [1.165, 1.54) is 0 Å². The molecule has 92 valence electrons. The molecule has 5 heteroatoms. The number of Topliss-reactive ketones (excluding diaryl/α,β-unsaturated/α-hetero) is 1. The molecule has 0 atom stereocenters. The first kappa shape index (κ1) is 12.4. The molecular weight excluding hydrogens is 286 g/mol. The summed E-state index contributed by atoms with van der Waals surface area (Å²) >= 11 is 3.46. The Kier molecular flexibility index (Phi) is 3.69. The zero-order chi connectivity index (χ0) is 12.4. The van der Waals surface area contributed by atoms with Gasteiger partial charge in [0.15, 0.2) is 17.3 Å².